The quantitative estimate of drug-likeness (QED) is 0.110. The average Bonchev–Trinajstić information content (AvgIpc) is 3.92. The summed E-state index contributed by atoms with van der Waals surface area (Å²) in [6, 6.07) is 25.0. The Labute approximate surface area is 341 Å². The van der Waals surface area contributed by atoms with Gasteiger partial charge in [-0.05, 0) is 105 Å². The predicted octanol–water partition coefficient (Wildman–Crippen LogP) is 5.87. The number of benzene rings is 3. The lowest BCUT2D eigenvalue weighted by Crippen LogP contribution is -2.64. The van der Waals surface area contributed by atoms with E-state index in [1.54, 1.807) is 27.2 Å². The minimum atomic E-state index is -0.861. The topological polar surface area (TPSA) is 132 Å². The summed E-state index contributed by atoms with van der Waals surface area (Å²) in [6.07, 6.45) is 7.57. The molecule has 3 aliphatic rings. The zero-order chi connectivity index (χ0) is 39.6. The third-order valence-corrected chi connectivity index (χ3v) is 13.2. The maximum atomic E-state index is 14.7. The number of thiophene rings is 1. The minimum Gasteiger partial charge on any atom is -0.410 e. The number of hydrogen-bond acceptors (Lipinski definition) is 9. The number of likely N-dealkylation sites (tertiary alicyclic amines) is 1. The molecule has 3 heterocycles. The van der Waals surface area contributed by atoms with Crippen LogP contribution in [0.25, 0.3) is 10.8 Å². The number of unbranched alkanes of at least 4 members (excludes halogenated alkanes) is 1. The van der Waals surface area contributed by atoms with Crippen molar-refractivity contribution in [1.29, 1.82) is 0 Å². The van der Waals surface area contributed by atoms with Gasteiger partial charge < -0.3 is 36.2 Å². The van der Waals surface area contributed by atoms with E-state index in [1.165, 1.54) is 12.0 Å². The summed E-state index contributed by atoms with van der Waals surface area (Å²) in [4.78, 5) is 49.5. The Hall–Kier alpha value is -4.33. The van der Waals surface area contributed by atoms with E-state index in [0.29, 0.717) is 30.7 Å². The van der Waals surface area contributed by atoms with Crippen molar-refractivity contribution >= 4 is 40.0 Å². The first kappa shape index (κ1) is 40.9. The molecule has 2 atom stereocenters. The molecule has 1 saturated carbocycles. The van der Waals surface area contributed by atoms with E-state index < -0.39 is 18.2 Å². The molecule has 304 valence electrons. The van der Waals surface area contributed by atoms with E-state index in [4.69, 9.17) is 10.5 Å². The molecule has 57 heavy (non-hydrogen) atoms. The molecule has 5 N–H and O–H groups in total. The fourth-order valence-electron chi connectivity index (χ4n) is 9.12. The number of hydrogen-bond donors (Lipinski definition) is 4. The fraction of sp³-hybridized carbons (Fsp3) is 0.489. The molecule has 7 rings (SSSR count). The molecule has 1 aliphatic carbocycles. The van der Waals surface area contributed by atoms with E-state index in [9.17, 15) is 14.4 Å². The number of fused-ring (bicyclic) bond motifs is 1. The number of carbonyl (C=O) groups excluding carboxylic acids is 3. The second-order valence-corrected chi connectivity index (χ2v) is 17.2. The number of ether oxygens (including phenoxy) is 1. The van der Waals surface area contributed by atoms with Crippen LogP contribution in [-0.4, -0.2) is 97.0 Å². The van der Waals surface area contributed by atoms with Crippen LogP contribution in [0.15, 0.2) is 84.2 Å². The Morgan fingerprint density at radius 1 is 0.912 bits per heavy atom. The van der Waals surface area contributed by atoms with Crippen molar-refractivity contribution in [3.8, 4) is 5.75 Å². The van der Waals surface area contributed by atoms with Gasteiger partial charge in [0, 0.05) is 49.0 Å². The molecule has 3 amide bonds. The number of nitrogens with one attached hydrogen (secondary N) is 3. The monoisotopic (exact) mass is 793 g/mol. The first-order chi connectivity index (χ1) is 27.8. The van der Waals surface area contributed by atoms with Gasteiger partial charge in [0.1, 0.15) is 11.8 Å². The molecule has 12 heteroatoms. The van der Waals surface area contributed by atoms with Crippen LogP contribution in [0.3, 0.4) is 0 Å². The molecule has 0 radical (unpaired) electrons. The van der Waals surface area contributed by atoms with Gasteiger partial charge in [-0.3, -0.25) is 14.5 Å². The molecular formula is C45H59N7O4S. The molecule has 3 fully saturated rings. The van der Waals surface area contributed by atoms with E-state index in [0.717, 1.165) is 85.9 Å². The predicted molar refractivity (Wildman–Crippen MR) is 227 cm³/mol. The van der Waals surface area contributed by atoms with Crippen LogP contribution in [0, 0.1) is 5.41 Å². The highest BCUT2D eigenvalue weighted by Gasteiger charge is 2.43. The van der Waals surface area contributed by atoms with Crippen molar-refractivity contribution in [3.05, 3.63) is 100 Å². The number of piperazine rings is 1. The van der Waals surface area contributed by atoms with Crippen molar-refractivity contribution in [2.45, 2.75) is 89.1 Å². The molecule has 2 saturated heterocycles. The average molecular weight is 794 g/mol. The molecule has 4 aromatic rings. The number of carbonyl (C=O) groups is 3. The zero-order valence-corrected chi connectivity index (χ0v) is 34.1. The molecular weight excluding hydrogens is 735 g/mol. The lowest BCUT2D eigenvalue weighted by atomic mass is 9.72. The second-order valence-electron chi connectivity index (χ2n) is 16.2. The number of rotatable bonds is 15. The van der Waals surface area contributed by atoms with Crippen LogP contribution < -0.4 is 26.4 Å². The Kier molecular flexibility index (Phi) is 13.9. The van der Waals surface area contributed by atoms with E-state index in [-0.39, 0.29) is 37.5 Å². The highest BCUT2D eigenvalue weighted by molar-refractivity contribution is 7.09. The van der Waals surface area contributed by atoms with Crippen LogP contribution >= 0.6 is 11.3 Å². The Morgan fingerprint density at radius 2 is 1.70 bits per heavy atom. The van der Waals surface area contributed by atoms with Crippen molar-refractivity contribution in [2.75, 3.05) is 46.3 Å². The lowest BCUT2D eigenvalue weighted by Gasteiger charge is -2.43. The number of nitrogens with two attached hydrogens (primary N) is 1. The normalized spacial score (nSPS) is 21.9. The van der Waals surface area contributed by atoms with Gasteiger partial charge in [0.25, 0.3) is 0 Å². The largest absolute Gasteiger partial charge is 0.415 e. The van der Waals surface area contributed by atoms with Gasteiger partial charge in [-0.1, -0.05) is 73.2 Å². The van der Waals surface area contributed by atoms with Gasteiger partial charge in [-0.2, -0.15) is 0 Å². The Bertz CT molecular complexity index is 1930. The molecule has 1 aromatic heterocycles. The van der Waals surface area contributed by atoms with Crippen LogP contribution in [-0.2, 0) is 29.2 Å². The van der Waals surface area contributed by atoms with Gasteiger partial charge in [-0.15, -0.1) is 11.3 Å². The SMILES string of the molecule is CNCCCC[C@@H](NC1CCC2(CC1)CCN(Cc1ccccc1)C2)C(=O)N1CCN(C(=O)Oc2ccc(CN)c3ccccc23)C[C@H]1C(=O)NCc1cccs1. The molecule has 3 aromatic carbocycles. The Morgan fingerprint density at radius 3 is 2.46 bits per heavy atom. The summed E-state index contributed by atoms with van der Waals surface area (Å²) in [5.41, 5.74) is 8.66. The summed E-state index contributed by atoms with van der Waals surface area (Å²) in [7, 11) is 1.95. The van der Waals surface area contributed by atoms with Gasteiger partial charge in [0.05, 0.1) is 19.1 Å². The van der Waals surface area contributed by atoms with Crippen LogP contribution in [0.1, 0.15) is 67.4 Å². The smallest absolute Gasteiger partial charge is 0.410 e. The minimum absolute atomic E-state index is 0.0393. The lowest BCUT2D eigenvalue weighted by molar-refractivity contribution is -0.145. The van der Waals surface area contributed by atoms with Crippen LogP contribution in [0.4, 0.5) is 4.79 Å². The molecule has 11 nitrogen and oxygen atoms in total. The highest BCUT2D eigenvalue weighted by atomic mass is 32.1. The third-order valence-electron chi connectivity index (χ3n) is 12.3. The summed E-state index contributed by atoms with van der Waals surface area (Å²) in [6.45, 7) is 5.40. The first-order valence-electron chi connectivity index (χ1n) is 20.8. The maximum Gasteiger partial charge on any atom is 0.415 e. The second kappa shape index (κ2) is 19.4. The van der Waals surface area contributed by atoms with Crippen molar-refractivity contribution in [3.63, 3.8) is 0 Å². The molecule has 1 spiro atoms. The number of amides is 3. The summed E-state index contributed by atoms with van der Waals surface area (Å²) in [5, 5.41) is 13.8. The zero-order valence-electron chi connectivity index (χ0n) is 33.3. The van der Waals surface area contributed by atoms with Gasteiger partial charge in [0.2, 0.25) is 11.8 Å². The third kappa shape index (κ3) is 10.2. The van der Waals surface area contributed by atoms with E-state index in [1.807, 2.05) is 54.9 Å². The first-order valence-corrected chi connectivity index (χ1v) is 21.7. The highest BCUT2D eigenvalue weighted by Crippen LogP contribution is 2.44. The summed E-state index contributed by atoms with van der Waals surface area (Å²) in [5.74, 6) is 0.0933. The fourth-order valence-corrected chi connectivity index (χ4v) is 9.77. The van der Waals surface area contributed by atoms with E-state index in [2.05, 4.69) is 51.2 Å². The molecule has 2 aliphatic heterocycles. The summed E-state index contributed by atoms with van der Waals surface area (Å²) >= 11 is 1.57. The molecule has 0 unspecified atom stereocenters. The van der Waals surface area contributed by atoms with E-state index >= 15 is 0 Å². The number of nitrogens with zero attached hydrogens (tertiary/aromatic N) is 3. The standard InChI is InChI=1S/C45H59N7O4S/c1-47-23-8-7-15-39(49-35-18-20-45(21-19-35)22-24-50(32-45)30-33-10-3-2-4-11-33)43(54)52-26-25-51(31-40(52)42(53)48-29-36-12-9-27-57-36)44(55)56-41-17-16-34(28-46)37-13-5-6-14-38(37)41/h2-6,9-14,16-17,27,35,39-40,47,49H,7-8,15,18-26,28-32,46H2,1H3,(H,48,53)/t35?,39-,40+,45?/m1/s1. The maximum absolute atomic E-state index is 14.7. The van der Waals surface area contributed by atoms with Crippen LogP contribution in [0.5, 0.6) is 5.75 Å². The summed E-state index contributed by atoms with van der Waals surface area (Å²) < 4.78 is 6.00. The van der Waals surface area contributed by atoms with Crippen molar-refractivity contribution < 1.29 is 19.1 Å². The Balaban J connectivity index is 1.03. The van der Waals surface area contributed by atoms with Crippen molar-refractivity contribution in [1.82, 2.24) is 30.7 Å². The van der Waals surface area contributed by atoms with Crippen LogP contribution in [0.2, 0.25) is 0 Å². The van der Waals surface area contributed by atoms with Gasteiger partial charge in [-0.25, -0.2) is 4.79 Å². The van der Waals surface area contributed by atoms with Gasteiger partial charge >= 0.3 is 6.09 Å². The van der Waals surface area contributed by atoms with Crippen molar-refractivity contribution in [2.24, 2.45) is 11.1 Å². The van der Waals surface area contributed by atoms with Gasteiger partial charge in [0.15, 0.2) is 0 Å². The molecule has 0 bridgehead atoms.